The Morgan fingerprint density at radius 2 is 2.00 bits per heavy atom. The molecule has 3 heterocycles. The quantitative estimate of drug-likeness (QED) is 0.0934. The van der Waals surface area contributed by atoms with E-state index in [1.54, 1.807) is 7.05 Å². The number of aromatic nitrogens is 4. The number of carbonyl (C=O) groups excluding carboxylic acids is 1. The van der Waals surface area contributed by atoms with Crippen molar-refractivity contribution in [3.8, 4) is 5.75 Å². The van der Waals surface area contributed by atoms with E-state index in [1.807, 2.05) is 0 Å². The van der Waals surface area contributed by atoms with Gasteiger partial charge < -0.3 is 29.9 Å². The Kier molecular flexibility index (Phi) is 8.51. The second kappa shape index (κ2) is 11.3. The Labute approximate surface area is 240 Å². The molecule has 1 aliphatic rings. The Balaban J connectivity index is 1.61. The number of nitrogens with zero attached hydrogens (tertiary/aromatic N) is 5. The van der Waals surface area contributed by atoms with Crippen LogP contribution in [0.5, 0.6) is 5.75 Å². The molecular formula is C23H32ClN8O8P. The van der Waals surface area contributed by atoms with Gasteiger partial charge in [-0.05, 0) is 45.0 Å². The van der Waals surface area contributed by atoms with Crippen LogP contribution in [0.4, 0.5) is 11.8 Å². The summed E-state index contributed by atoms with van der Waals surface area (Å²) in [5.41, 5.74) is 2.89. The molecule has 16 nitrogen and oxygen atoms in total. The van der Waals surface area contributed by atoms with Gasteiger partial charge in [-0.3, -0.25) is 18.9 Å². The van der Waals surface area contributed by atoms with Gasteiger partial charge in [-0.1, -0.05) is 11.6 Å². The molecule has 0 amide bonds. The van der Waals surface area contributed by atoms with Crippen LogP contribution in [-0.2, 0) is 23.4 Å². The highest BCUT2D eigenvalue weighted by Gasteiger charge is 2.54. The monoisotopic (exact) mass is 614 g/mol. The summed E-state index contributed by atoms with van der Waals surface area (Å²) in [7, 11) is -1.63. The number of esters is 1. The lowest BCUT2D eigenvalue weighted by molar-refractivity contribution is -0.146. The average molecular weight is 615 g/mol. The van der Waals surface area contributed by atoms with Gasteiger partial charge >= 0.3 is 13.7 Å². The van der Waals surface area contributed by atoms with E-state index in [-0.39, 0.29) is 28.7 Å². The first-order valence-corrected chi connectivity index (χ1v) is 14.1. The number of hydrazine groups is 1. The molecule has 0 aliphatic carbocycles. The van der Waals surface area contributed by atoms with Gasteiger partial charge in [0.25, 0.3) is 0 Å². The smallest absolute Gasteiger partial charge is 0.459 e. The number of nitrogens with two attached hydrogens (primary N) is 2. The van der Waals surface area contributed by atoms with Crippen LogP contribution in [0.15, 0.2) is 30.6 Å². The van der Waals surface area contributed by atoms with Crippen LogP contribution >= 0.6 is 19.3 Å². The van der Waals surface area contributed by atoms with Gasteiger partial charge in [0.05, 0.1) is 20.0 Å². The minimum atomic E-state index is -4.35. The highest BCUT2D eigenvalue weighted by atomic mass is 35.5. The molecule has 3 aromatic rings. The van der Waals surface area contributed by atoms with Gasteiger partial charge in [-0.25, -0.2) is 15.4 Å². The molecule has 7 N–H and O–H groups in total. The number of hydrogen-bond donors (Lipinski definition) is 5. The largest absolute Gasteiger partial charge is 0.468 e. The molecule has 3 unspecified atom stereocenters. The number of aliphatic hydroxyl groups is 2. The van der Waals surface area contributed by atoms with Crippen LogP contribution in [0.25, 0.3) is 11.2 Å². The number of carbonyl (C=O) groups is 1. The van der Waals surface area contributed by atoms with E-state index < -0.39 is 49.9 Å². The number of halogens is 1. The van der Waals surface area contributed by atoms with E-state index in [0.29, 0.717) is 5.02 Å². The van der Waals surface area contributed by atoms with Crippen LogP contribution in [0.3, 0.4) is 0 Å². The molecule has 1 fully saturated rings. The Morgan fingerprint density at radius 1 is 1.34 bits per heavy atom. The highest BCUT2D eigenvalue weighted by molar-refractivity contribution is 7.52. The number of aliphatic hydroxyl groups excluding tert-OH is 1. The zero-order valence-corrected chi connectivity index (χ0v) is 24.5. The van der Waals surface area contributed by atoms with Crippen molar-refractivity contribution < 1.29 is 38.1 Å². The van der Waals surface area contributed by atoms with Gasteiger partial charge in [0.15, 0.2) is 23.2 Å². The Bertz CT molecular complexity index is 1470. The number of hydrogen-bond acceptors (Lipinski definition) is 14. The first kappa shape index (κ1) is 30.9. The van der Waals surface area contributed by atoms with E-state index in [2.05, 4.69) is 20.0 Å². The van der Waals surface area contributed by atoms with Crippen LogP contribution in [-0.4, -0.2) is 79.8 Å². The van der Waals surface area contributed by atoms with Crippen molar-refractivity contribution in [2.75, 3.05) is 31.5 Å². The number of fused-ring (bicyclic) bond motifs is 1. The molecule has 41 heavy (non-hydrogen) atoms. The van der Waals surface area contributed by atoms with Crippen LogP contribution in [0.1, 0.15) is 27.0 Å². The molecule has 0 saturated carbocycles. The van der Waals surface area contributed by atoms with Crippen molar-refractivity contribution in [3.63, 3.8) is 0 Å². The SMILES string of the molecule is COC(=O)C(C)(C)NP(=O)(OCC1OC(n2cnc3c(N(C)N)nc(N)nc32)[C@](C)(O)[C@@H]1O)Oc1ccc(Cl)cc1. The number of nitrogens with one attached hydrogen (secondary N) is 1. The van der Waals surface area contributed by atoms with E-state index in [9.17, 15) is 19.6 Å². The molecule has 224 valence electrons. The summed E-state index contributed by atoms with van der Waals surface area (Å²) in [6, 6.07) is 5.94. The van der Waals surface area contributed by atoms with Crippen molar-refractivity contribution in [2.45, 2.75) is 50.3 Å². The summed E-state index contributed by atoms with van der Waals surface area (Å²) in [5.74, 6) is 5.34. The van der Waals surface area contributed by atoms with Crippen molar-refractivity contribution in [3.05, 3.63) is 35.6 Å². The third-order valence-corrected chi connectivity index (χ3v) is 8.35. The minimum Gasteiger partial charge on any atom is -0.468 e. The number of anilines is 2. The number of nitrogen functional groups attached to an aromatic ring is 1. The Morgan fingerprint density at radius 3 is 2.61 bits per heavy atom. The Hall–Kier alpha value is -3.08. The predicted octanol–water partition coefficient (Wildman–Crippen LogP) is 1.13. The molecule has 4 rings (SSSR count). The van der Waals surface area contributed by atoms with E-state index in [0.717, 1.165) is 0 Å². The van der Waals surface area contributed by atoms with Crippen LogP contribution in [0.2, 0.25) is 5.02 Å². The summed E-state index contributed by atoms with van der Waals surface area (Å²) >= 11 is 5.93. The lowest BCUT2D eigenvalue weighted by Gasteiger charge is -2.29. The van der Waals surface area contributed by atoms with Gasteiger partial charge in [0, 0.05) is 12.1 Å². The molecule has 0 radical (unpaired) electrons. The first-order chi connectivity index (χ1) is 19.1. The fourth-order valence-electron chi connectivity index (χ4n) is 4.24. The zero-order chi connectivity index (χ0) is 30.3. The molecule has 0 bridgehead atoms. The van der Waals surface area contributed by atoms with Crippen LogP contribution < -0.4 is 26.2 Å². The molecule has 1 saturated heterocycles. The molecule has 0 spiro atoms. The topological polar surface area (TPSA) is 222 Å². The second-order valence-electron chi connectivity index (χ2n) is 10.1. The summed E-state index contributed by atoms with van der Waals surface area (Å²) < 4.78 is 37.3. The number of benzene rings is 1. The minimum absolute atomic E-state index is 0.107. The molecule has 1 aromatic carbocycles. The number of rotatable bonds is 10. The van der Waals surface area contributed by atoms with Gasteiger partial charge in [0.1, 0.15) is 29.1 Å². The maximum absolute atomic E-state index is 13.9. The van der Waals surface area contributed by atoms with Gasteiger partial charge in [0.2, 0.25) is 5.95 Å². The maximum Gasteiger partial charge on any atom is 0.459 e. The van der Waals surface area contributed by atoms with Gasteiger partial charge in [-0.2, -0.15) is 15.1 Å². The molecule has 2 aromatic heterocycles. The summed E-state index contributed by atoms with van der Waals surface area (Å²) in [6.07, 6.45) is -2.68. The number of ether oxygens (including phenoxy) is 2. The number of imidazole rings is 1. The maximum atomic E-state index is 13.9. The zero-order valence-electron chi connectivity index (χ0n) is 22.9. The van der Waals surface area contributed by atoms with E-state index in [4.69, 9.17) is 41.7 Å². The highest BCUT2D eigenvalue weighted by Crippen LogP contribution is 2.48. The standard InChI is InChI=1S/C23H32ClN8O8P/c1-22(2,20(34)37-5)30-41(36,40-13-8-6-12(24)7-9-13)38-10-14-16(33)23(3,35)19(39-14)32-11-27-15-17(31(4)26)28-21(25)29-18(15)32/h6-9,11,14,16,19,33,35H,10,26H2,1-5H3,(H,30,36)(H2,25,28,29)/t14?,16-,19?,23-,41?/m1/s1. The van der Waals surface area contributed by atoms with Crippen molar-refractivity contribution in [1.82, 2.24) is 24.6 Å². The van der Waals surface area contributed by atoms with E-state index in [1.165, 1.54) is 68.0 Å². The normalized spacial score (nSPS) is 24.3. The fourth-order valence-corrected chi connectivity index (χ4v) is 6.05. The van der Waals surface area contributed by atoms with E-state index >= 15 is 0 Å². The molecular weight excluding hydrogens is 583 g/mol. The molecule has 18 heteroatoms. The third kappa shape index (κ3) is 6.24. The lowest BCUT2D eigenvalue weighted by atomic mass is 9.96. The first-order valence-electron chi connectivity index (χ1n) is 12.2. The molecule has 1 aliphatic heterocycles. The van der Waals surface area contributed by atoms with Crippen molar-refractivity contribution in [2.24, 2.45) is 5.84 Å². The average Bonchev–Trinajstić information content (AvgIpc) is 3.40. The summed E-state index contributed by atoms with van der Waals surface area (Å²) in [5, 5.41) is 26.5. The lowest BCUT2D eigenvalue weighted by Crippen LogP contribution is -2.47. The molecule has 5 atom stereocenters. The van der Waals surface area contributed by atoms with Gasteiger partial charge in [-0.15, -0.1) is 0 Å². The third-order valence-electron chi connectivity index (χ3n) is 6.32. The van der Waals surface area contributed by atoms with Crippen molar-refractivity contribution >= 4 is 48.2 Å². The summed E-state index contributed by atoms with van der Waals surface area (Å²) in [6.45, 7) is 3.65. The fraction of sp³-hybridized carbons (Fsp3) is 0.478. The number of methoxy groups -OCH3 is 1. The predicted molar refractivity (Wildman–Crippen MR) is 148 cm³/mol. The summed E-state index contributed by atoms with van der Waals surface area (Å²) in [4.78, 5) is 24.9. The van der Waals surface area contributed by atoms with Crippen LogP contribution in [0, 0.1) is 0 Å². The van der Waals surface area contributed by atoms with Crippen molar-refractivity contribution in [1.29, 1.82) is 0 Å². The second-order valence-corrected chi connectivity index (χ2v) is 12.2.